The summed E-state index contributed by atoms with van der Waals surface area (Å²) in [6, 6.07) is 11.0. The summed E-state index contributed by atoms with van der Waals surface area (Å²) in [7, 11) is 0. The molecule has 3 rings (SSSR count). The normalized spacial score (nSPS) is 16.6. The van der Waals surface area contributed by atoms with E-state index >= 15 is 0 Å². The second kappa shape index (κ2) is 16.5. The number of benzene rings is 1. The highest BCUT2D eigenvalue weighted by molar-refractivity contribution is 9.13. The molecular formula is C26H27Br2F6NO8S. The molecule has 0 saturated carbocycles. The highest BCUT2D eigenvalue weighted by atomic mass is 79.9. The van der Waals surface area contributed by atoms with Crippen LogP contribution < -0.4 is 0 Å². The Morgan fingerprint density at radius 2 is 1.45 bits per heavy atom. The molecule has 1 saturated heterocycles. The van der Waals surface area contributed by atoms with Crippen LogP contribution in [-0.4, -0.2) is 69.7 Å². The van der Waals surface area contributed by atoms with Crippen LogP contribution in [0.4, 0.5) is 31.1 Å². The van der Waals surface area contributed by atoms with Crippen LogP contribution >= 0.6 is 43.2 Å². The number of hydrogen-bond acceptors (Lipinski definition) is 7. The second-order valence-corrected chi connectivity index (χ2v) is 13.3. The SMILES string of the molecule is CC(C)(C)OC(=O)N1CC(Cc2cc(Br)c(Br)s2)CC1C(=O)OCc1ccccc1.O=C(O)C(F)(F)F.O=C(O)C(F)(F)F. The number of alkyl halides is 6. The van der Waals surface area contributed by atoms with Crippen molar-refractivity contribution in [3.63, 3.8) is 0 Å². The molecule has 2 atom stereocenters. The molecule has 1 fully saturated rings. The zero-order valence-corrected chi connectivity index (χ0v) is 27.2. The number of ether oxygens (including phenoxy) is 2. The number of carbonyl (C=O) groups excluding carboxylic acids is 2. The number of halogens is 8. The van der Waals surface area contributed by atoms with Crippen molar-refractivity contribution in [3.05, 3.63) is 55.1 Å². The molecule has 1 aliphatic rings. The average Bonchev–Trinajstić information content (AvgIpc) is 3.44. The van der Waals surface area contributed by atoms with Gasteiger partial charge in [0.25, 0.3) is 0 Å². The maximum absolute atomic E-state index is 12.9. The largest absolute Gasteiger partial charge is 0.490 e. The average molecular weight is 787 g/mol. The van der Waals surface area contributed by atoms with Gasteiger partial charge in [0.1, 0.15) is 18.2 Å². The maximum Gasteiger partial charge on any atom is 0.490 e. The van der Waals surface area contributed by atoms with Crippen LogP contribution in [0.3, 0.4) is 0 Å². The fourth-order valence-electron chi connectivity index (χ4n) is 3.42. The van der Waals surface area contributed by atoms with Gasteiger partial charge >= 0.3 is 36.4 Å². The van der Waals surface area contributed by atoms with E-state index in [0.717, 1.165) is 20.2 Å². The van der Waals surface area contributed by atoms with Crippen LogP contribution in [0.15, 0.2) is 44.7 Å². The first-order valence-electron chi connectivity index (χ1n) is 12.2. The van der Waals surface area contributed by atoms with E-state index in [9.17, 15) is 35.9 Å². The molecule has 246 valence electrons. The number of aliphatic carboxylic acids is 2. The van der Waals surface area contributed by atoms with E-state index in [-0.39, 0.29) is 18.5 Å². The summed E-state index contributed by atoms with van der Waals surface area (Å²) in [6.45, 7) is 6.12. The standard InChI is InChI=1S/C22H25Br2NO4S.2C2HF3O2/c1-22(2,3)29-21(27)25-12-15(9-16-11-17(23)19(24)30-16)10-18(25)20(26)28-13-14-7-5-4-6-8-14;2*3-2(4,5)1(6)7/h4-8,11,15,18H,9-10,12-13H2,1-3H3;2*(H,6,7). The number of thiophene rings is 1. The number of rotatable bonds is 5. The van der Waals surface area contributed by atoms with Crippen molar-refractivity contribution < 1.29 is 65.2 Å². The lowest BCUT2D eigenvalue weighted by atomic mass is 10.0. The fourth-order valence-corrected chi connectivity index (χ4v) is 5.71. The van der Waals surface area contributed by atoms with E-state index < -0.39 is 42.0 Å². The van der Waals surface area contributed by atoms with E-state index in [0.29, 0.717) is 13.0 Å². The number of carbonyl (C=O) groups is 4. The van der Waals surface area contributed by atoms with Crippen LogP contribution in [0.1, 0.15) is 37.6 Å². The molecule has 0 radical (unpaired) electrons. The van der Waals surface area contributed by atoms with E-state index in [4.69, 9.17) is 29.3 Å². The molecule has 9 nitrogen and oxygen atoms in total. The lowest BCUT2D eigenvalue weighted by Crippen LogP contribution is -2.44. The van der Waals surface area contributed by atoms with Crippen molar-refractivity contribution in [2.24, 2.45) is 5.92 Å². The number of esters is 1. The molecule has 1 aliphatic heterocycles. The Bertz CT molecular complexity index is 1240. The van der Waals surface area contributed by atoms with E-state index in [1.165, 1.54) is 9.78 Å². The van der Waals surface area contributed by atoms with Crippen molar-refractivity contribution >= 4 is 67.2 Å². The molecule has 0 bridgehead atoms. The minimum Gasteiger partial charge on any atom is -0.475 e. The predicted molar refractivity (Wildman–Crippen MR) is 152 cm³/mol. The minimum absolute atomic E-state index is 0.157. The lowest BCUT2D eigenvalue weighted by molar-refractivity contribution is -0.193. The second-order valence-electron chi connectivity index (χ2n) is 9.99. The number of likely N-dealkylation sites (tertiary alicyclic amines) is 1. The van der Waals surface area contributed by atoms with Crippen LogP contribution in [0, 0.1) is 5.92 Å². The van der Waals surface area contributed by atoms with Crippen molar-refractivity contribution in [2.45, 2.75) is 64.2 Å². The molecule has 0 aliphatic carbocycles. The smallest absolute Gasteiger partial charge is 0.475 e. The molecule has 2 N–H and O–H groups in total. The molecule has 18 heteroatoms. The molecule has 2 aromatic rings. The van der Waals surface area contributed by atoms with Crippen molar-refractivity contribution in [3.8, 4) is 0 Å². The Labute approximate surface area is 268 Å². The molecule has 1 amide bonds. The van der Waals surface area contributed by atoms with Crippen molar-refractivity contribution in [1.82, 2.24) is 4.90 Å². The van der Waals surface area contributed by atoms with Crippen LogP contribution in [-0.2, 0) is 36.9 Å². The zero-order valence-electron chi connectivity index (χ0n) is 23.2. The maximum atomic E-state index is 12.9. The van der Waals surface area contributed by atoms with Gasteiger partial charge in [0, 0.05) is 15.9 Å². The van der Waals surface area contributed by atoms with Gasteiger partial charge in [-0.15, -0.1) is 11.3 Å². The first-order chi connectivity index (χ1) is 20.0. The summed E-state index contributed by atoms with van der Waals surface area (Å²) >= 11 is 8.70. The molecule has 2 unspecified atom stereocenters. The summed E-state index contributed by atoms with van der Waals surface area (Å²) in [5.74, 6) is -5.75. The van der Waals surface area contributed by atoms with Crippen LogP contribution in [0.2, 0.25) is 0 Å². The third-order valence-electron chi connectivity index (χ3n) is 5.18. The van der Waals surface area contributed by atoms with E-state index in [2.05, 4.69) is 37.9 Å². The third-order valence-corrected chi connectivity index (χ3v) is 8.46. The van der Waals surface area contributed by atoms with Gasteiger partial charge in [-0.2, -0.15) is 26.3 Å². The lowest BCUT2D eigenvalue weighted by Gasteiger charge is -2.27. The number of amides is 1. The Kier molecular flexibility index (Phi) is 14.6. The molecular weight excluding hydrogens is 760 g/mol. The first kappa shape index (κ1) is 39.2. The fraction of sp³-hybridized carbons (Fsp3) is 0.462. The monoisotopic (exact) mass is 785 g/mol. The predicted octanol–water partition coefficient (Wildman–Crippen LogP) is 7.45. The summed E-state index contributed by atoms with van der Waals surface area (Å²) in [4.78, 5) is 46.2. The molecule has 1 aromatic carbocycles. The minimum atomic E-state index is -5.08. The Hall–Kier alpha value is -2.86. The number of carboxylic acid groups (broad SMARTS) is 2. The molecule has 44 heavy (non-hydrogen) atoms. The van der Waals surface area contributed by atoms with Gasteiger partial charge in [-0.1, -0.05) is 30.3 Å². The summed E-state index contributed by atoms with van der Waals surface area (Å²) in [5, 5.41) is 14.2. The van der Waals surface area contributed by atoms with Crippen LogP contribution in [0.25, 0.3) is 0 Å². The summed E-state index contributed by atoms with van der Waals surface area (Å²) < 4.78 is 76.6. The molecule has 1 aromatic heterocycles. The first-order valence-corrected chi connectivity index (χ1v) is 14.7. The van der Waals surface area contributed by atoms with Crippen LogP contribution in [0.5, 0.6) is 0 Å². The Morgan fingerprint density at radius 1 is 0.955 bits per heavy atom. The molecule has 0 spiro atoms. The van der Waals surface area contributed by atoms with Gasteiger partial charge < -0.3 is 19.7 Å². The number of hydrogen-bond donors (Lipinski definition) is 2. The number of carboxylic acids is 2. The highest BCUT2D eigenvalue weighted by Crippen LogP contribution is 2.36. The van der Waals surface area contributed by atoms with E-state index in [1.54, 1.807) is 11.3 Å². The quantitative estimate of drug-likeness (QED) is 0.236. The van der Waals surface area contributed by atoms with Crippen molar-refractivity contribution in [1.29, 1.82) is 0 Å². The highest BCUT2D eigenvalue weighted by Gasteiger charge is 2.42. The zero-order chi connectivity index (χ0) is 34.0. The van der Waals surface area contributed by atoms with Gasteiger partial charge in [-0.3, -0.25) is 4.90 Å². The third kappa shape index (κ3) is 14.3. The Morgan fingerprint density at radius 3 is 1.86 bits per heavy atom. The molecule has 2 heterocycles. The van der Waals surface area contributed by atoms with E-state index in [1.807, 2.05) is 51.1 Å². The van der Waals surface area contributed by atoms with Gasteiger partial charge in [0.05, 0.1) is 3.79 Å². The van der Waals surface area contributed by atoms with Gasteiger partial charge in [-0.25, -0.2) is 19.2 Å². The summed E-state index contributed by atoms with van der Waals surface area (Å²) in [5.41, 5.74) is 0.287. The topological polar surface area (TPSA) is 130 Å². The van der Waals surface area contributed by atoms with Gasteiger partial charge in [0.2, 0.25) is 0 Å². The van der Waals surface area contributed by atoms with Gasteiger partial charge in [-0.05, 0) is 83.0 Å². The Balaban J connectivity index is 0.000000574. The number of nitrogens with zero attached hydrogens (tertiary/aromatic N) is 1. The summed E-state index contributed by atoms with van der Waals surface area (Å²) in [6.07, 6.45) is -9.29. The van der Waals surface area contributed by atoms with Gasteiger partial charge in [0.15, 0.2) is 0 Å². The van der Waals surface area contributed by atoms with Crippen molar-refractivity contribution in [2.75, 3.05) is 6.54 Å².